The molecule has 0 aliphatic rings. The van der Waals surface area contributed by atoms with Crippen LogP contribution in [0.2, 0.25) is 0 Å². The fourth-order valence-electron chi connectivity index (χ4n) is 0.884. The van der Waals surface area contributed by atoms with E-state index in [2.05, 4.69) is 27.7 Å². The van der Waals surface area contributed by atoms with Crippen LogP contribution >= 0.6 is 12.2 Å². The van der Waals surface area contributed by atoms with Crippen LogP contribution in [0.25, 0.3) is 0 Å². The Bertz CT molecular complexity index is 369. The van der Waals surface area contributed by atoms with E-state index in [0.29, 0.717) is 5.69 Å². The number of aliphatic imine (C=N–C) groups is 1. The average molecular weight is 208 g/mol. The van der Waals surface area contributed by atoms with Gasteiger partial charge in [0, 0.05) is 5.69 Å². The molecule has 0 radical (unpaired) electrons. The molecule has 0 aliphatic heterocycles. The number of benzene rings is 1. The third kappa shape index (κ3) is 3.35. The summed E-state index contributed by atoms with van der Waals surface area (Å²) in [6.07, 6.45) is 0. The van der Waals surface area contributed by atoms with Gasteiger partial charge in [0.15, 0.2) is 0 Å². The monoisotopic (exact) mass is 208 g/mol. The molecule has 0 atom stereocenters. The highest BCUT2D eigenvalue weighted by Crippen LogP contribution is 2.15. The number of anilines is 1. The predicted octanol–water partition coefficient (Wildman–Crippen LogP) is 1.92. The van der Waals surface area contributed by atoms with Crippen molar-refractivity contribution in [1.82, 2.24) is 0 Å². The Balaban J connectivity index is 2.63. The smallest absolute Gasteiger partial charge is 0.322 e. The van der Waals surface area contributed by atoms with Gasteiger partial charge in [-0.25, -0.2) is 0 Å². The van der Waals surface area contributed by atoms with Crippen LogP contribution in [0.5, 0.6) is 0 Å². The number of aliphatic carboxylic acids is 1. The van der Waals surface area contributed by atoms with Crippen molar-refractivity contribution < 1.29 is 9.90 Å². The lowest BCUT2D eigenvalue weighted by atomic mass is 10.3. The van der Waals surface area contributed by atoms with Gasteiger partial charge in [-0.15, -0.1) is 0 Å². The lowest BCUT2D eigenvalue weighted by molar-refractivity contribution is -0.134. The van der Waals surface area contributed by atoms with Gasteiger partial charge in [-0.05, 0) is 36.5 Å². The number of hydrogen-bond donors (Lipinski definition) is 2. The molecule has 0 aromatic heterocycles. The molecule has 5 heteroatoms. The molecule has 72 valence electrons. The zero-order chi connectivity index (χ0) is 10.4. The van der Waals surface area contributed by atoms with Gasteiger partial charge in [0.2, 0.25) is 0 Å². The minimum atomic E-state index is -0.897. The van der Waals surface area contributed by atoms with Crippen LogP contribution < -0.4 is 5.32 Å². The molecule has 0 saturated carbocycles. The van der Waals surface area contributed by atoms with Gasteiger partial charge in [-0.1, -0.05) is 0 Å². The number of carboxylic acids is 1. The maximum absolute atomic E-state index is 10.2. The molecule has 14 heavy (non-hydrogen) atoms. The molecular weight excluding hydrogens is 200 g/mol. The Kier molecular flexibility index (Phi) is 3.79. The van der Waals surface area contributed by atoms with Crippen molar-refractivity contribution in [3.05, 3.63) is 24.3 Å². The van der Waals surface area contributed by atoms with Crippen LogP contribution in [0.15, 0.2) is 29.3 Å². The fourth-order valence-corrected chi connectivity index (χ4v) is 0.990. The van der Waals surface area contributed by atoms with E-state index in [1.165, 1.54) is 0 Å². The van der Waals surface area contributed by atoms with E-state index < -0.39 is 5.97 Å². The zero-order valence-electron chi connectivity index (χ0n) is 7.23. The number of nitrogens with zero attached hydrogens (tertiary/aromatic N) is 1. The summed E-state index contributed by atoms with van der Waals surface area (Å²) >= 11 is 4.44. The van der Waals surface area contributed by atoms with Gasteiger partial charge < -0.3 is 10.4 Å². The summed E-state index contributed by atoms with van der Waals surface area (Å²) in [5, 5.41) is 13.4. The largest absolute Gasteiger partial charge is 0.480 e. The standard InChI is InChI=1S/C9H8N2O2S/c12-9(13)5-10-7-1-3-8(4-2-7)11-6-14/h1-4,10H,5H2,(H,12,13). The van der Waals surface area contributed by atoms with Crippen LogP contribution in [-0.4, -0.2) is 22.8 Å². The average Bonchev–Trinajstić information content (AvgIpc) is 2.17. The summed E-state index contributed by atoms with van der Waals surface area (Å²) in [7, 11) is 0. The first kappa shape index (κ1) is 10.4. The van der Waals surface area contributed by atoms with Gasteiger partial charge in [0.1, 0.15) is 6.54 Å². The summed E-state index contributed by atoms with van der Waals surface area (Å²) in [5.74, 6) is -0.897. The summed E-state index contributed by atoms with van der Waals surface area (Å²) in [6, 6.07) is 6.91. The number of carbonyl (C=O) groups is 1. The zero-order valence-corrected chi connectivity index (χ0v) is 8.04. The maximum atomic E-state index is 10.2. The number of rotatable bonds is 4. The number of thiocarbonyl (C=S) groups is 1. The molecule has 0 bridgehead atoms. The molecule has 0 spiro atoms. The van der Waals surface area contributed by atoms with E-state index in [1.807, 2.05) is 0 Å². The minimum Gasteiger partial charge on any atom is -0.480 e. The molecule has 0 unspecified atom stereocenters. The first-order chi connectivity index (χ1) is 6.72. The Hall–Kier alpha value is -1.71. The molecule has 0 fully saturated rings. The summed E-state index contributed by atoms with van der Waals surface area (Å²) in [6.45, 7) is -0.101. The molecule has 0 heterocycles. The van der Waals surface area contributed by atoms with E-state index >= 15 is 0 Å². The van der Waals surface area contributed by atoms with Crippen LogP contribution in [-0.2, 0) is 4.79 Å². The minimum absolute atomic E-state index is 0.101. The van der Waals surface area contributed by atoms with Gasteiger partial charge in [0.05, 0.1) is 10.8 Å². The Labute approximate surface area is 86.3 Å². The van der Waals surface area contributed by atoms with Crippen molar-refractivity contribution >= 4 is 34.7 Å². The molecule has 1 aromatic carbocycles. The van der Waals surface area contributed by atoms with E-state index in [4.69, 9.17) is 5.11 Å². The van der Waals surface area contributed by atoms with Crippen LogP contribution in [0.4, 0.5) is 11.4 Å². The normalized spacial score (nSPS) is 8.86. The summed E-state index contributed by atoms with van der Waals surface area (Å²) in [4.78, 5) is 14.0. The Morgan fingerprint density at radius 2 is 2.14 bits per heavy atom. The van der Waals surface area contributed by atoms with Crippen molar-refractivity contribution in [2.24, 2.45) is 4.99 Å². The van der Waals surface area contributed by atoms with Crippen molar-refractivity contribution in [3.8, 4) is 0 Å². The Morgan fingerprint density at radius 1 is 1.50 bits per heavy atom. The lowest BCUT2D eigenvalue weighted by Gasteiger charge is -2.02. The third-order valence-corrected chi connectivity index (χ3v) is 1.58. The second-order valence-electron chi connectivity index (χ2n) is 2.50. The number of carboxylic acid groups (broad SMARTS) is 1. The summed E-state index contributed by atoms with van der Waals surface area (Å²) in [5.41, 5.74) is 1.43. The van der Waals surface area contributed by atoms with E-state index in [0.717, 1.165) is 5.69 Å². The molecular formula is C9H8N2O2S. The van der Waals surface area contributed by atoms with Crippen molar-refractivity contribution in [2.75, 3.05) is 11.9 Å². The maximum Gasteiger partial charge on any atom is 0.322 e. The number of isothiocyanates is 1. The predicted molar refractivity (Wildman–Crippen MR) is 57.3 cm³/mol. The van der Waals surface area contributed by atoms with Crippen LogP contribution in [0, 0.1) is 0 Å². The van der Waals surface area contributed by atoms with E-state index in [1.54, 1.807) is 24.3 Å². The highest BCUT2D eigenvalue weighted by molar-refractivity contribution is 7.78. The first-order valence-corrected chi connectivity index (χ1v) is 4.27. The first-order valence-electron chi connectivity index (χ1n) is 3.86. The molecule has 0 aliphatic carbocycles. The quantitative estimate of drug-likeness (QED) is 0.586. The Morgan fingerprint density at radius 3 is 2.64 bits per heavy atom. The second kappa shape index (κ2) is 5.11. The van der Waals surface area contributed by atoms with Gasteiger partial charge in [-0.3, -0.25) is 4.79 Å². The molecule has 0 saturated heterocycles. The van der Waals surface area contributed by atoms with Gasteiger partial charge >= 0.3 is 5.97 Å². The van der Waals surface area contributed by atoms with Gasteiger partial charge in [-0.2, -0.15) is 4.99 Å². The SMILES string of the molecule is O=C(O)CNc1ccc(N=C=S)cc1. The molecule has 1 rings (SSSR count). The van der Waals surface area contributed by atoms with Crippen LogP contribution in [0.1, 0.15) is 0 Å². The second-order valence-corrected chi connectivity index (χ2v) is 2.68. The van der Waals surface area contributed by atoms with Crippen molar-refractivity contribution in [1.29, 1.82) is 0 Å². The van der Waals surface area contributed by atoms with Gasteiger partial charge in [0.25, 0.3) is 0 Å². The number of nitrogens with one attached hydrogen (secondary N) is 1. The van der Waals surface area contributed by atoms with Crippen molar-refractivity contribution in [3.63, 3.8) is 0 Å². The fraction of sp³-hybridized carbons (Fsp3) is 0.111. The molecule has 2 N–H and O–H groups in total. The van der Waals surface area contributed by atoms with E-state index in [-0.39, 0.29) is 6.54 Å². The molecule has 1 aromatic rings. The highest BCUT2D eigenvalue weighted by Gasteiger charge is 1.96. The topological polar surface area (TPSA) is 61.7 Å². The highest BCUT2D eigenvalue weighted by atomic mass is 32.1. The van der Waals surface area contributed by atoms with E-state index in [9.17, 15) is 4.79 Å². The molecule has 0 amide bonds. The summed E-state index contributed by atoms with van der Waals surface area (Å²) < 4.78 is 0. The van der Waals surface area contributed by atoms with Crippen molar-refractivity contribution in [2.45, 2.75) is 0 Å². The molecule has 4 nitrogen and oxygen atoms in total. The lowest BCUT2D eigenvalue weighted by Crippen LogP contribution is -2.11. The number of hydrogen-bond acceptors (Lipinski definition) is 4. The third-order valence-electron chi connectivity index (χ3n) is 1.49. The van der Waals surface area contributed by atoms with Crippen LogP contribution in [0.3, 0.4) is 0 Å².